The number of aryl methyl sites for hydroxylation is 1. The van der Waals surface area contributed by atoms with Crippen LogP contribution in [-0.2, 0) is 0 Å². The third-order valence-electron chi connectivity index (χ3n) is 6.00. The summed E-state index contributed by atoms with van der Waals surface area (Å²) in [5, 5.41) is 1.77. The number of aromatic nitrogens is 1. The van der Waals surface area contributed by atoms with E-state index in [4.69, 9.17) is 9.15 Å². The molecular weight excluding hydrogens is 390 g/mol. The Morgan fingerprint density at radius 3 is 2.61 bits per heavy atom. The summed E-state index contributed by atoms with van der Waals surface area (Å²) in [6, 6.07) is 18.2. The van der Waals surface area contributed by atoms with Gasteiger partial charge < -0.3 is 19.0 Å². The molecule has 6 heteroatoms. The zero-order chi connectivity index (χ0) is 21.5. The van der Waals surface area contributed by atoms with Crippen molar-refractivity contribution in [1.82, 2.24) is 9.88 Å². The molecule has 3 heterocycles. The van der Waals surface area contributed by atoms with Crippen LogP contribution in [0.15, 0.2) is 59.0 Å². The molecule has 31 heavy (non-hydrogen) atoms. The number of hydrogen-bond acceptors (Lipinski definition) is 5. The quantitative estimate of drug-likeness (QED) is 0.488. The number of rotatable bonds is 3. The Kier molecular flexibility index (Phi) is 4.77. The topological polar surface area (TPSA) is 58.8 Å². The highest BCUT2D eigenvalue weighted by atomic mass is 16.5. The average molecular weight is 415 g/mol. The molecule has 2 aromatic heterocycles. The minimum Gasteiger partial charge on any atom is -0.497 e. The molecule has 1 aliphatic rings. The van der Waals surface area contributed by atoms with Crippen LogP contribution in [0.3, 0.4) is 0 Å². The van der Waals surface area contributed by atoms with E-state index in [1.54, 1.807) is 13.2 Å². The lowest BCUT2D eigenvalue weighted by Crippen LogP contribution is -2.53. The SMILES string of the molecule is COc1ccc2nc3oc(C(=O)N4CCN(c5ccc(C)cc5)[C@H](C)C4)cc3cc2c1. The summed E-state index contributed by atoms with van der Waals surface area (Å²) >= 11 is 0. The number of anilines is 1. The van der Waals surface area contributed by atoms with Crippen molar-refractivity contribution < 1.29 is 13.9 Å². The third-order valence-corrected chi connectivity index (χ3v) is 6.00. The number of nitrogens with zero attached hydrogens (tertiary/aromatic N) is 3. The van der Waals surface area contributed by atoms with Gasteiger partial charge >= 0.3 is 0 Å². The number of ether oxygens (including phenoxy) is 1. The highest BCUT2D eigenvalue weighted by Crippen LogP contribution is 2.27. The maximum absolute atomic E-state index is 13.2. The summed E-state index contributed by atoms with van der Waals surface area (Å²) in [5.41, 5.74) is 3.73. The number of amides is 1. The van der Waals surface area contributed by atoms with Crippen LogP contribution in [-0.4, -0.2) is 48.6 Å². The van der Waals surface area contributed by atoms with Crippen molar-refractivity contribution in [2.24, 2.45) is 0 Å². The van der Waals surface area contributed by atoms with E-state index >= 15 is 0 Å². The zero-order valence-corrected chi connectivity index (χ0v) is 18.0. The molecule has 0 N–H and O–H groups in total. The summed E-state index contributed by atoms with van der Waals surface area (Å²) in [4.78, 5) is 22.0. The van der Waals surface area contributed by atoms with E-state index in [9.17, 15) is 4.79 Å². The Balaban J connectivity index is 1.37. The molecule has 0 saturated carbocycles. The van der Waals surface area contributed by atoms with Crippen LogP contribution in [0.1, 0.15) is 23.0 Å². The van der Waals surface area contributed by atoms with E-state index in [1.165, 1.54) is 11.3 Å². The molecule has 158 valence electrons. The maximum Gasteiger partial charge on any atom is 0.289 e. The van der Waals surface area contributed by atoms with Crippen molar-refractivity contribution >= 4 is 33.6 Å². The fraction of sp³-hybridized carbons (Fsp3) is 0.280. The molecule has 1 aliphatic heterocycles. The molecule has 1 fully saturated rings. The molecule has 1 saturated heterocycles. The van der Waals surface area contributed by atoms with Crippen LogP contribution in [0.5, 0.6) is 5.75 Å². The number of furan rings is 1. The van der Waals surface area contributed by atoms with E-state index < -0.39 is 0 Å². The van der Waals surface area contributed by atoms with Gasteiger partial charge in [-0.1, -0.05) is 17.7 Å². The normalized spacial score (nSPS) is 16.8. The van der Waals surface area contributed by atoms with Crippen molar-refractivity contribution in [3.05, 3.63) is 65.9 Å². The largest absolute Gasteiger partial charge is 0.497 e. The number of carbonyl (C=O) groups is 1. The Hall–Kier alpha value is -3.54. The van der Waals surface area contributed by atoms with Gasteiger partial charge in [0.15, 0.2) is 5.76 Å². The van der Waals surface area contributed by atoms with E-state index in [2.05, 4.69) is 48.0 Å². The van der Waals surface area contributed by atoms with Gasteiger partial charge in [-0.2, -0.15) is 0 Å². The van der Waals surface area contributed by atoms with E-state index in [0.717, 1.165) is 28.6 Å². The van der Waals surface area contributed by atoms with Crippen LogP contribution >= 0.6 is 0 Å². The smallest absolute Gasteiger partial charge is 0.289 e. The molecule has 5 rings (SSSR count). The lowest BCUT2D eigenvalue weighted by Gasteiger charge is -2.41. The molecule has 0 radical (unpaired) electrons. The summed E-state index contributed by atoms with van der Waals surface area (Å²) in [6.45, 7) is 6.33. The lowest BCUT2D eigenvalue weighted by atomic mass is 10.1. The monoisotopic (exact) mass is 415 g/mol. The first kappa shape index (κ1) is 19.4. The van der Waals surface area contributed by atoms with E-state index in [-0.39, 0.29) is 11.9 Å². The maximum atomic E-state index is 13.2. The Labute approximate surface area is 181 Å². The molecule has 0 aliphatic carbocycles. The van der Waals surface area contributed by atoms with Gasteiger partial charge in [0.2, 0.25) is 5.71 Å². The third kappa shape index (κ3) is 3.58. The number of piperazine rings is 1. The minimum absolute atomic E-state index is 0.0879. The van der Waals surface area contributed by atoms with Gasteiger partial charge in [0.25, 0.3) is 5.91 Å². The molecular formula is C25H25N3O3. The van der Waals surface area contributed by atoms with Crippen LogP contribution in [0.25, 0.3) is 22.0 Å². The Morgan fingerprint density at radius 1 is 1.06 bits per heavy atom. The van der Waals surface area contributed by atoms with Gasteiger partial charge in [-0.15, -0.1) is 0 Å². The van der Waals surface area contributed by atoms with Gasteiger partial charge in [0, 0.05) is 42.1 Å². The van der Waals surface area contributed by atoms with E-state index in [0.29, 0.717) is 24.6 Å². The van der Waals surface area contributed by atoms with Crippen molar-refractivity contribution in [2.45, 2.75) is 19.9 Å². The van der Waals surface area contributed by atoms with Crippen molar-refractivity contribution in [3.63, 3.8) is 0 Å². The average Bonchev–Trinajstić information content (AvgIpc) is 3.20. The van der Waals surface area contributed by atoms with Crippen molar-refractivity contribution in [1.29, 1.82) is 0 Å². The predicted molar refractivity (Wildman–Crippen MR) is 122 cm³/mol. The number of methoxy groups -OCH3 is 1. The van der Waals surface area contributed by atoms with Crippen LogP contribution in [0.2, 0.25) is 0 Å². The first-order chi connectivity index (χ1) is 15.0. The molecule has 2 aromatic carbocycles. The number of hydrogen-bond donors (Lipinski definition) is 0. The van der Waals surface area contributed by atoms with E-state index in [1.807, 2.05) is 29.2 Å². The number of pyridine rings is 1. The van der Waals surface area contributed by atoms with Crippen molar-refractivity contribution in [2.75, 3.05) is 31.6 Å². The van der Waals surface area contributed by atoms with Gasteiger partial charge in [0.05, 0.1) is 12.6 Å². The zero-order valence-electron chi connectivity index (χ0n) is 18.0. The van der Waals surface area contributed by atoms with Gasteiger partial charge in [-0.05, 0) is 56.3 Å². The number of fused-ring (bicyclic) bond motifs is 2. The van der Waals surface area contributed by atoms with Crippen LogP contribution in [0.4, 0.5) is 5.69 Å². The number of benzene rings is 2. The molecule has 0 unspecified atom stereocenters. The molecule has 1 amide bonds. The highest BCUT2D eigenvalue weighted by Gasteiger charge is 2.29. The summed E-state index contributed by atoms with van der Waals surface area (Å²) in [6.07, 6.45) is 0. The fourth-order valence-electron chi connectivity index (χ4n) is 4.26. The first-order valence-electron chi connectivity index (χ1n) is 10.5. The summed E-state index contributed by atoms with van der Waals surface area (Å²) in [7, 11) is 1.64. The predicted octanol–water partition coefficient (Wildman–Crippen LogP) is 4.65. The Bertz CT molecular complexity index is 1260. The second kappa shape index (κ2) is 7.61. The summed E-state index contributed by atoms with van der Waals surface area (Å²) in [5.74, 6) is 1.02. The highest BCUT2D eigenvalue weighted by molar-refractivity contribution is 5.98. The van der Waals surface area contributed by atoms with Gasteiger partial charge in [-0.3, -0.25) is 4.79 Å². The molecule has 4 aromatic rings. The molecule has 0 bridgehead atoms. The molecule has 0 spiro atoms. The lowest BCUT2D eigenvalue weighted by molar-refractivity contribution is 0.0696. The first-order valence-corrected chi connectivity index (χ1v) is 10.5. The second-order valence-corrected chi connectivity index (χ2v) is 8.18. The number of carbonyl (C=O) groups excluding carboxylic acids is 1. The van der Waals surface area contributed by atoms with Gasteiger partial charge in [-0.25, -0.2) is 4.98 Å². The minimum atomic E-state index is -0.0879. The van der Waals surface area contributed by atoms with Crippen molar-refractivity contribution in [3.8, 4) is 5.75 Å². The van der Waals surface area contributed by atoms with Crippen LogP contribution < -0.4 is 9.64 Å². The second-order valence-electron chi connectivity index (χ2n) is 8.18. The standard InChI is InChI=1S/C25H25N3O3/c1-16-4-6-20(7-5-16)28-11-10-27(15-17(28)2)25(29)23-14-19-12-18-13-21(30-3)8-9-22(18)26-24(19)31-23/h4-9,12-14,17H,10-11,15H2,1-3H3/t17-/m1/s1. The summed E-state index contributed by atoms with van der Waals surface area (Å²) < 4.78 is 11.2. The Morgan fingerprint density at radius 2 is 1.87 bits per heavy atom. The van der Waals surface area contributed by atoms with Crippen LogP contribution in [0, 0.1) is 6.92 Å². The molecule has 1 atom stereocenters. The van der Waals surface area contributed by atoms with Gasteiger partial charge in [0.1, 0.15) is 5.75 Å². The molecule has 6 nitrogen and oxygen atoms in total. The fourth-order valence-corrected chi connectivity index (χ4v) is 4.26.